The van der Waals surface area contributed by atoms with Gasteiger partial charge in [-0.25, -0.2) is 13.6 Å². The number of rotatable bonds is 9. The molecule has 0 amide bonds. The summed E-state index contributed by atoms with van der Waals surface area (Å²) in [7, 11) is -5.71. The normalized spacial score (nSPS) is 14.8. The Hall–Kier alpha value is -0.213. The molecule has 0 saturated heterocycles. The molecule has 2 N–H and O–H groups in total. The van der Waals surface area contributed by atoms with Gasteiger partial charge in [-0.1, -0.05) is 53.4 Å². The lowest BCUT2D eigenvalue weighted by molar-refractivity contribution is 0.167. The Labute approximate surface area is 153 Å². The van der Waals surface area contributed by atoms with E-state index >= 15 is 0 Å². The van der Waals surface area contributed by atoms with Crippen molar-refractivity contribution in [2.24, 2.45) is 5.14 Å². The van der Waals surface area contributed by atoms with E-state index in [1.807, 2.05) is 6.07 Å². The standard InChI is InChI=1S/C17H33NO3S2Si/c1-7-8-9-10-11-15(21-24(5,6)17(2,3)4)14-12-13-22-16(14)23(18,19)20/h12-13,15H,7-11H2,1-6H3,(H2,18,19,20). The maximum atomic E-state index is 11.9. The van der Waals surface area contributed by atoms with Gasteiger partial charge in [-0.3, -0.25) is 0 Å². The Morgan fingerprint density at radius 2 is 1.88 bits per heavy atom. The maximum Gasteiger partial charge on any atom is 0.247 e. The summed E-state index contributed by atoms with van der Waals surface area (Å²) >= 11 is 1.18. The van der Waals surface area contributed by atoms with E-state index in [1.54, 1.807) is 5.38 Å². The van der Waals surface area contributed by atoms with Crippen molar-refractivity contribution in [1.29, 1.82) is 0 Å². The molecule has 0 spiro atoms. The maximum absolute atomic E-state index is 11.9. The van der Waals surface area contributed by atoms with Gasteiger partial charge in [-0.05, 0) is 36.0 Å². The number of sulfonamides is 1. The molecule has 0 aliphatic carbocycles. The zero-order valence-corrected chi connectivity index (χ0v) is 18.5. The molecular weight excluding hydrogens is 358 g/mol. The first-order valence-electron chi connectivity index (χ1n) is 8.68. The molecule has 1 rings (SSSR count). The summed E-state index contributed by atoms with van der Waals surface area (Å²) in [5, 5.41) is 7.27. The van der Waals surface area contributed by atoms with Crippen molar-refractivity contribution in [1.82, 2.24) is 0 Å². The summed E-state index contributed by atoms with van der Waals surface area (Å²) in [5.74, 6) is 0. The number of hydrogen-bond donors (Lipinski definition) is 1. The Morgan fingerprint density at radius 3 is 2.38 bits per heavy atom. The fourth-order valence-electron chi connectivity index (χ4n) is 2.34. The minimum atomic E-state index is -3.71. The van der Waals surface area contributed by atoms with E-state index in [1.165, 1.54) is 24.2 Å². The van der Waals surface area contributed by atoms with Crippen molar-refractivity contribution in [3.8, 4) is 0 Å². The molecule has 0 aliphatic rings. The predicted molar refractivity (Wildman–Crippen MR) is 105 cm³/mol. The fourth-order valence-corrected chi connectivity index (χ4v) is 5.56. The molecule has 24 heavy (non-hydrogen) atoms. The fraction of sp³-hybridized carbons (Fsp3) is 0.765. The molecule has 7 heteroatoms. The van der Waals surface area contributed by atoms with E-state index in [0.29, 0.717) is 0 Å². The van der Waals surface area contributed by atoms with Crippen LogP contribution in [-0.2, 0) is 14.4 Å². The second kappa shape index (κ2) is 8.45. The zero-order valence-electron chi connectivity index (χ0n) is 15.9. The van der Waals surface area contributed by atoms with Gasteiger partial charge in [-0.2, -0.15) is 0 Å². The van der Waals surface area contributed by atoms with Gasteiger partial charge in [0.2, 0.25) is 10.0 Å². The number of nitrogens with two attached hydrogens (primary N) is 1. The SMILES string of the molecule is CCCCCCC(O[Si](C)(C)C(C)(C)C)c1ccsc1S(N)(=O)=O. The molecule has 1 atom stereocenters. The number of thiophene rings is 1. The van der Waals surface area contributed by atoms with Crippen LogP contribution >= 0.6 is 11.3 Å². The Bertz CT molecular complexity index is 618. The third kappa shape index (κ3) is 5.95. The molecular formula is C17H33NO3S2Si. The summed E-state index contributed by atoms with van der Waals surface area (Å²) in [4.78, 5) is 0. The van der Waals surface area contributed by atoms with Crippen LogP contribution in [0.4, 0.5) is 0 Å². The highest BCUT2D eigenvalue weighted by Crippen LogP contribution is 2.42. The second-order valence-electron chi connectivity index (χ2n) is 7.92. The van der Waals surface area contributed by atoms with Crippen molar-refractivity contribution < 1.29 is 12.8 Å². The molecule has 0 aromatic carbocycles. The van der Waals surface area contributed by atoms with E-state index in [9.17, 15) is 8.42 Å². The number of primary sulfonamides is 1. The molecule has 1 heterocycles. The Balaban J connectivity index is 3.09. The molecule has 0 saturated carbocycles. The largest absolute Gasteiger partial charge is 0.410 e. The van der Waals surface area contributed by atoms with Crippen molar-refractivity contribution in [2.75, 3.05) is 0 Å². The molecule has 0 radical (unpaired) electrons. The third-order valence-electron chi connectivity index (χ3n) is 4.83. The van der Waals surface area contributed by atoms with Crippen molar-refractivity contribution in [3.05, 3.63) is 17.0 Å². The minimum absolute atomic E-state index is 0.0758. The first-order valence-corrected chi connectivity index (χ1v) is 14.0. The van der Waals surface area contributed by atoms with Crippen LogP contribution < -0.4 is 5.14 Å². The van der Waals surface area contributed by atoms with E-state index in [2.05, 4.69) is 40.8 Å². The molecule has 0 bridgehead atoms. The highest BCUT2D eigenvalue weighted by atomic mass is 32.2. The van der Waals surface area contributed by atoms with Crippen molar-refractivity contribution in [2.45, 2.75) is 88.2 Å². The van der Waals surface area contributed by atoms with E-state index < -0.39 is 18.3 Å². The molecule has 4 nitrogen and oxygen atoms in total. The Kier molecular flexibility index (Phi) is 7.68. The van der Waals surface area contributed by atoms with Crippen LogP contribution in [0.15, 0.2) is 15.7 Å². The van der Waals surface area contributed by atoms with Gasteiger partial charge in [0.1, 0.15) is 4.21 Å². The summed E-state index contributed by atoms with van der Waals surface area (Å²) in [6.45, 7) is 13.2. The van der Waals surface area contributed by atoms with Gasteiger partial charge < -0.3 is 4.43 Å². The van der Waals surface area contributed by atoms with Gasteiger partial charge in [0.05, 0.1) is 6.10 Å². The van der Waals surface area contributed by atoms with Crippen molar-refractivity contribution in [3.63, 3.8) is 0 Å². The van der Waals surface area contributed by atoms with Crippen LogP contribution in [0.25, 0.3) is 0 Å². The predicted octanol–water partition coefficient (Wildman–Crippen LogP) is 5.43. The zero-order chi connectivity index (χ0) is 18.6. The monoisotopic (exact) mass is 391 g/mol. The molecule has 1 aromatic heterocycles. The smallest absolute Gasteiger partial charge is 0.247 e. The lowest BCUT2D eigenvalue weighted by atomic mass is 10.1. The Morgan fingerprint density at radius 1 is 1.25 bits per heavy atom. The summed E-state index contributed by atoms with van der Waals surface area (Å²) in [5.41, 5.74) is 0.740. The van der Waals surface area contributed by atoms with Crippen LogP contribution in [-0.4, -0.2) is 16.7 Å². The topological polar surface area (TPSA) is 69.4 Å². The lowest BCUT2D eigenvalue weighted by Crippen LogP contribution is -2.42. The average Bonchev–Trinajstić information content (AvgIpc) is 2.90. The van der Waals surface area contributed by atoms with Crippen LogP contribution in [0.5, 0.6) is 0 Å². The lowest BCUT2D eigenvalue weighted by Gasteiger charge is -2.39. The quantitative estimate of drug-likeness (QED) is 0.451. The van der Waals surface area contributed by atoms with Gasteiger partial charge in [0, 0.05) is 5.56 Å². The first-order chi connectivity index (χ1) is 10.9. The minimum Gasteiger partial charge on any atom is -0.410 e. The molecule has 0 aliphatic heterocycles. The van der Waals surface area contributed by atoms with E-state index in [-0.39, 0.29) is 15.4 Å². The van der Waals surface area contributed by atoms with Gasteiger partial charge in [0.25, 0.3) is 0 Å². The molecule has 140 valence electrons. The molecule has 0 fully saturated rings. The molecule has 1 unspecified atom stereocenters. The summed E-state index contributed by atoms with van der Waals surface area (Å²) in [6, 6.07) is 1.86. The number of hydrogen-bond acceptors (Lipinski definition) is 4. The third-order valence-corrected chi connectivity index (χ3v) is 11.8. The van der Waals surface area contributed by atoms with Gasteiger partial charge in [-0.15, -0.1) is 11.3 Å². The van der Waals surface area contributed by atoms with Crippen molar-refractivity contribution >= 4 is 29.7 Å². The summed E-state index contributed by atoms with van der Waals surface area (Å²) in [6.07, 6.45) is 5.19. The first kappa shape index (κ1) is 21.8. The highest BCUT2D eigenvalue weighted by molar-refractivity contribution is 7.91. The van der Waals surface area contributed by atoms with Crippen LogP contribution in [0.1, 0.15) is 71.5 Å². The van der Waals surface area contributed by atoms with Crippen LogP contribution in [0.2, 0.25) is 18.1 Å². The molecule has 1 aromatic rings. The van der Waals surface area contributed by atoms with Crippen LogP contribution in [0.3, 0.4) is 0 Å². The van der Waals surface area contributed by atoms with E-state index in [4.69, 9.17) is 9.56 Å². The summed E-state index contributed by atoms with van der Waals surface area (Å²) < 4.78 is 30.6. The second-order valence-corrected chi connectivity index (χ2v) is 15.4. The average molecular weight is 392 g/mol. The van der Waals surface area contributed by atoms with Crippen LogP contribution in [0, 0.1) is 0 Å². The van der Waals surface area contributed by atoms with Gasteiger partial charge in [0.15, 0.2) is 8.32 Å². The number of unbranched alkanes of at least 4 members (excludes halogenated alkanes) is 3. The van der Waals surface area contributed by atoms with Gasteiger partial charge >= 0.3 is 0 Å². The van der Waals surface area contributed by atoms with E-state index in [0.717, 1.165) is 24.8 Å². The highest BCUT2D eigenvalue weighted by Gasteiger charge is 2.40.